The van der Waals surface area contributed by atoms with Crippen LogP contribution in [0.2, 0.25) is 5.02 Å². The number of carbonyl (C=O) groups is 2. The molecule has 0 spiro atoms. The molecule has 6 atom stereocenters. The summed E-state index contributed by atoms with van der Waals surface area (Å²) in [6.07, 6.45) is 0.535. The molecule has 2 aromatic carbocycles. The Morgan fingerprint density at radius 2 is 1.66 bits per heavy atom. The predicted octanol–water partition coefficient (Wildman–Crippen LogP) is 3.64. The van der Waals surface area contributed by atoms with Gasteiger partial charge in [0.1, 0.15) is 12.1 Å². The number of benzene rings is 2. The molecule has 2 aromatic rings. The van der Waals surface area contributed by atoms with Crippen LogP contribution in [-0.2, 0) is 9.59 Å². The Bertz CT molecular complexity index is 913. The Balaban J connectivity index is 2.29. The van der Waals surface area contributed by atoms with Gasteiger partial charge in [-0.05, 0) is 37.1 Å². The molecule has 6 nitrogen and oxygen atoms in total. The molecule has 1 fully saturated rings. The van der Waals surface area contributed by atoms with Crippen LogP contribution in [0.5, 0.6) is 0 Å². The first-order valence-electron chi connectivity index (χ1n) is 9.32. The van der Waals surface area contributed by atoms with Crippen LogP contribution in [0, 0.1) is 22.0 Å². The molecule has 0 saturated heterocycles. The Kier molecular flexibility index (Phi) is 5.87. The van der Waals surface area contributed by atoms with Crippen molar-refractivity contribution < 1.29 is 19.6 Å². The van der Waals surface area contributed by atoms with Crippen LogP contribution in [0.25, 0.3) is 0 Å². The number of aliphatic hydroxyl groups is 1. The van der Waals surface area contributed by atoms with Crippen LogP contribution in [0.15, 0.2) is 54.6 Å². The topological polar surface area (TPSA) is 97.5 Å². The van der Waals surface area contributed by atoms with E-state index >= 15 is 0 Å². The summed E-state index contributed by atoms with van der Waals surface area (Å²) < 4.78 is 0. The highest BCUT2D eigenvalue weighted by molar-refractivity contribution is 6.30. The van der Waals surface area contributed by atoms with Crippen LogP contribution in [0.3, 0.4) is 0 Å². The number of aldehydes is 1. The van der Waals surface area contributed by atoms with Crippen molar-refractivity contribution in [1.82, 2.24) is 0 Å². The maximum atomic E-state index is 12.6. The van der Waals surface area contributed by atoms with Crippen LogP contribution in [0.4, 0.5) is 0 Å². The van der Waals surface area contributed by atoms with Crippen molar-refractivity contribution in [1.29, 1.82) is 0 Å². The number of carbonyl (C=O) groups excluding carboxylic acids is 2. The molecule has 152 valence electrons. The fourth-order valence-electron chi connectivity index (χ4n) is 4.87. The first-order chi connectivity index (χ1) is 13.7. The molecule has 1 aliphatic rings. The predicted molar refractivity (Wildman–Crippen MR) is 109 cm³/mol. The quantitative estimate of drug-likeness (QED) is 0.456. The number of nitro groups is 1. The standard InChI is InChI=1S/C22H22ClNO5/c1-13(26)20-19(14-6-4-3-5-7-14)21(24(28)29)18(17(12-25)22(20,2)27)15-8-10-16(23)11-9-15/h3-12,17-21,27H,1-2H3/t17-,18-,19+,20+,21-,22-/m0/s1. The minimum Gasteiger partial charge on any atom is -0.389 e. The molecule has 29 heavy (non-hydrogen) atoms. The molecular formula is C22H22ClNO5. The van der Waals surface area contributed by atoms with Crippen LogP contribution in [-0.4, -0.2) is 33.7 Å². The summed E-state index contributed by atoms with van der Waals surface area (Å²) in [5.74, 6) is -4.43. The van der Waals surface area contributed by atoms with E-state index in [0.29, 0.717) is 22.4 Å². The highest BCUT2D eigenvalue weighted by atomic mass is 35.5. The zero-order chi connectivity index (χ0) is 21.3. The van der Waals surface area contributed by atoms with Crippen LogP contribution in [0.1, 0.15) is 36.8 Å². The van der Waals surface area contributed by atoms with Crippen LogP contribution >= 0.6 is 11.6 Å². The zero-order valence-corrected chi connectivity index (χ0v) is 16.8. The molecule has 3 rings (SSSR count). The Morgan fingerprint density at radius 3 is 2.14 bits per heavy atom. The van der Waals surface area contributed by atoms with Gasteiger partial charge >= 0.3 is 0 Å². The molecular weight excluding hydrogens is 394 g/mol. The minimum atomic E-state index is -1.76. The van der Waals surface area contributed by atoms with E-state index in [1.54, 1.807) is 54.6 Å². The Labute approximate surface area is 173 Å². The van der Waals surface area contributed by atoms with E-state index in [-0.39, 0.29) is 0 Å². The second kappa shape index (κ2) is 8.05. The largest absolute Gasteiger partial charge is 0.389 e. The summed E-state index contributed by atoms with van der Waals surface area (Å²) in [4.78, 5) is 36.6. The number of halogens is 1. The molecule has 0 unspecified atom stereocenters. The number of hydrogen-bond acceptors (Lipinski definition) is 5. The third kappa shape index (κ3) is 3.70. The normalized spacial score (nSPS) is 31.8. The summed E-state index contributed by atoms with van der Waals surface area (Å²) >= 11 is 5.97. The molecule has 0 aromatic heterocycles. The van der Waals surface area contributed by atoms with Crippen molar-refractivity contribution in [3.05, 3.63) is 80.9 Å². The number of nitrogens with zero attached hydrogens (tertiary/aromatic N) is 1. The van der Waals surface area contributed by atoms with Crippen molar-refractivity contribution in [3.8, 4) is 0 Å². The molecule has 0 bridgehead atoms. The maximum absolute atomic E-state index is 12.6. The van der Waals surface area contributed by atoms with E-state index in [1.807, 2.05) is 0 Å². The zero-order valence-electron chi connectivity index (χ0n) is 16.1. The van der Waals surface area contributed by atoms with E-state index in [2.05, 4.69) is 0 Å². The molecule has 0 radical (unpaired) electrons. The lowest BCUT2D eigenvalue weighted by Gasteiger charge is -2.49. The number of ketones is 1. The van der Waals surface area contributed by atoms with Gasteiger partial charge in [-0.3, -0.25) is 14.9 Å². The third-order valence-electron chi connectivity index (χ3n) is 6.05. The number of Topliss-reactive ketones (excluding diaryl/α,β-unsaturated/α-hetero) is 1. The van der Waals surface area contributed by atoms with Gasteiger partial charge in [0, 0.05) is 9.95 Å². The lowest BCUT2D eigenvalue weighted by atomic mass is 9.54. The fourth-order valence-corrected chi connectivity index (χ4v) is 5.00. The van der Waals surface area contributed by atoms with E-state index in [1.165, 1.54) is 13.8 Å². The van der Waals surface area contributed by atoms with Crippen LogP contribution < -0.4 is 0 Å². The van der Waals surface area contributed by atoms with Gasteiger partial charge in [0.25, 0.3) is 0 Å². The average molecular weight is 416 g/mol. The summed E-state index contributed by atoms with van der Waals surface area (Å²) in [6.45, 7) is 2.73. The third-order valence-corrected chi connectivity index (χ3v) is 6.31. The molecule has 0 aliphatic heterocycles. The highest BCUT2D eigenvalue weighted by Gasteiger charge is 2.63. The molecule has 1 N–H and O–H groups in total. The van der Waals surface area contributed by atoms with Crippen molar-refractivity contribution in [2.75, 3.05) is 0 Å². The van der Waals surface area contributed by atoms with Gasteiger partial charge in [0.2, 0.25) is 6.04 Å². The second-order valence-electron chi connectivity index (χ2n) is 7.77. The van der Waals surface area contributed by atoms with Crippen molar-refractivity contribution in [2.24, 2.45) is 11.8 Å². The van der Waals surface area contributed by atoms with Gasteiger partial charge in [0.15, 0.2) is 0 Å². The highest BCUT2D eigenvalue weighted by Crippen LogP contribution is 2.53. The summed E-state index contributed by atoms with van der Waals surface area (Å²) in [7, 11) is 0. The molecule has 0 amide bonds. The SMILES string of the molecule is CC(=O)[C@@H]1[C@@H](c2ccccc2)[C@@H]([N+](=O)[O-])[C@@H](c2ccc(Cl)cc2)[C@H](C=O)[C@]1(C)O. The van der Waals surface area contributed by atoms with Gasteiger partial charge in [-0.2, -0.15) is 0 Å². The van der Waals surface area contributed by atoms with E-state index in [4.69, 9.17) is 11.6 Å². The molecule has 0 heterocycles. The van der Waals surface area contributed by atoms with E-state index in [0.717, 1.165) is 0 Å². The molecule has 1 aliphatic carbocycles. The van der Waals surface area contributed by atoms with E-state index in [9.17, 15) is 24.8 Å². The molecule has 7 heteroatoms. The smallest absolute Gasteiger partial charge is 0.228 e. The summed E-state index contributed by atoms with van der Waals surface area (Å²) in [5.41, 5.74) is -0.653. The van der Waals surface area contributed by atoms with Gasteiger partial charge in [-0.15, -0.1) is 0 Å². The fraction of sp³-hybridized carbons (Fsp3) is 0.364. The summed E-state index contributed by atoms with van der Waals surface area (Å²) in [5, 5.41) is 24.1. The van der Waals surface area contributed by atoms with Gasteiger partial charge in [-0.1, -0.05) is 54.1 Å². The van der Waals surface area contributed by atoms with Crippen molar-refractivity contribution in [2.45, 2.75) is 37.3 Å². The van der Waals surface area contributed by atoms with Crippen molar-refractivity contribution >= 4 is 23.7 Å². The monoisotopic (exact) mass is 415 g/mol. The Morgan fingerprint density at radius 1 is 1.10 bits per heavy atom. The second-order valence-corrected chi connectivity index (χ2v) is 8.20. The molecule has 1 saturated carbocycles. The first-order valence-corrected chi connectivity index (χ1v) is 9.70. The van der Waals surface area contributed by atoms with Gasteiger partial charge in [-0.25, -0.2) is 0 Å². The van der Waals surface area contributed by atoms with Gasteiger partial charge in [0.05, 0.1) is 29.3 Å². The minimum absolute atomic E-state index is 0.392. The van der Waals surface area contributed by atoms with Crippen molar-refractivity contribution in [3.63, 3.8) is 0 Å². The first kappa shape index (κ1) is 21.1. The lowest BCUT2D eigenvalue weighted by molar-refractivity contribution is -0.539. The number of rotatable bonds is 5. The van der Waals surface area contributed by atoms with Gasteiger partial charge < -0.3 is 9.90 Å². The summed E-state index contributed by atoms with van der Waals surface area (Å²) in [6, 6.07) is 13.9. The lowest BCUT2D eigenvalue weighted by Crippen LogP contribution is -2.61. The van der Waals surface area contributed by atoms with E-state index < -0.39 is 46.0 Å². The number of hydrogen-bond donors (Lipinski definition) is 1. The average Bonchev–Trinajstić information content (AvgIpc) is 2.67. The Hall–Kier alpha value is -2.57. The maximum Gasteiger partial charge on any atom is 0.228 e.